The molecule has 0 aliphatic carbocycles. The smallest absolute Gasteiger partial charge is 0.261 e. The van der Waals surface area contributed by atoms with Crippen LogP contribution in [0.5, 0.6) is 0 Å². The first-order valence-electron chi connectivity index (χ1n) is 9.17. The number of rotatable bonds is 2. The SMILES string of the molecule is Cc1cc2c(N3CCCC3c3nc4ccccc4c(=O)n3C)nccn2n1. The molecular weight excluding hydrogens is 340 g/mol. The number of anilines is 1. The van der Waals surface area contributed by atoms with E-state index in [-0.39, 0.29) is 11.6 Å². The maximum atomic E-state index is 12.8. The van der Waals surface area contributed by atoms with Gasteiger partial charge in [-0.3, -0.25) is 9.36 Å². The van der Waals surface area contributed by atoms with Crippen LogP contribution in [0, 0.1) is 6.92 Å². The average Bonchev–Trinajstić information content (AvgIpc) is 3.30. The van der Waals surface area contributed by atoms with E-state index < -0.39 is 0 Å². The molecule has 4 heterocycles. The van der Waals surface area contributed by atoms with Crippen LogP contribution in [0.15, 0.2) is 47.5 Å². The fraction of sp³-hybridized carbons (Fsp3) is 0.300. The molecule has 7 nitrogen and oxygen atoms in total. The summed E-state index contributed by atoms with van der Waals surface area (Å²) in [6.45, 7) is 2.86. The Morgan fingerprint density at radius 2 is 2.07 bits per heavy atom. The molecule has 1 aliphatic heterocycles. The van der Waals surface area contributed by atoms with Crippen LogP contribution in [0.3, 0.4) is 0 Å². The maximum absolute atomic E-state index is 12.8. The highest BCUT2D eigenvalue weighted by Gasteiger charge is 2.32. The third-order valence-electron chi connectivity index (χ3n) is 5.33. The predicted octanol–water partition coefficient (Wildman–Crippen LogP) is 2.63. The van der Waals surface area contributed by atoms with Gasteiger partial charge in [-0.25, -0.2) is 14.5 Å². The molecule has 3 aromatic heterocycles. The van der Waals surface area contributed by atoms with Gasteiger partial charge in [0.1, 0.15) is 11.3 Å². The highest BCUT2D eigenvalue weighted by Crippen LogP contribution is 2.36. The molecular formula is C20H20N6O. The Morgan fingerprint density at radius 1 is 1.22 bits per heavy atom. The van der Waals surface area contributed by atoms with Gasteiger partial charge < -0.3 is 4.90 Å². The van der Waals surface area contributed by atoms with Gasteiger partial charge >= 0.3 is 0 Å². The molecule has 0 radical (unpaired) electrons. The van der Waals surface area contributed by atoms with Crippen molar-refractivity contribution in [3.63, 3.8) is 0 Å². The summed E-state index contributed by atoms with van der Waals surface area (Å²) in [5.41, 5.74) is 2.67. The zero-order valence-corrected chi connectivity index (χ0v) is 15.3. The van der Waals surface area contributed by atoms with Crippen molar-refractivity contribution in [1.29, 1.82) is 0 Å². The summed E-state index contributed by atoms with van der Waals surface area (Å²) >= 11 is 0. The lowest BCUT2D eigenvalue weighted by Crippen LogP contribution is -2.31. The quantitative estimate of drug-likeness (QED) is 0.550. The third-order valence-corrected chi connectivity index (χ3v) is 5.33. The zero-order chi connectivity index (χ0) is 18.5. The number of para-hydroxylation sites is 1. The molecule has 5 rings (SSSR count). The number of aryl methyl sites for hydroxylation is 1. The largest absolute Gasteiger partial charge is 0.345 e. The molecule has 1 aliphatic rings. The van der Waals surface area contributed by atoms with Crippen molar-refractivity contribution >= 4 is 22.2 Å². The minimum atomic E-state index is -0.00573. The van der Waals surface area contributed by atoms with E-state index in [0.29, 0.717) is 5.39 Å². The van der Waals surface area contributed by atoms with Crippen LogP contribution < -0.4 is 10.5 Å². The second kappa shape index (κ2) is 5.90. The molecule has 0 bridgehead atoms. The normalized spacial score (nSPS) is 17.3. The van der Waals surface area contributed by atoms with E-state index >= 15 is 0 Å². The van der Waals surface area contributed by atoms with Crippen molar-refractivity contribution in [2.45, 2.75) is 25.8 Å². The number of nitrogens with zero attached hydrogens (tertiary/aromatic N) is 6. The first-order chi connectivity index (χ1) is 13.1. The number of fused-ring (bicyclic) bond motifs is 2. The molecule has 1 fully saturated rings. The van der Waals surface area contributed by atoms with Crippen LogP contribution >= 0.6 is 0 Å². The summed E-state index contributed by atoms with van der Waals surface area (Å²) in [4.78, 5) is 24.6. The first-order valence-corrected chi connectivity index (χ1v) is 9.17. The van der Waals surface area contributed by atoms with Crippen LogP contribution in [0.25, 0.3) is 16.4 Å². The Morgan fingerprint density at radius 3 is 2.96 bits per heavy atom. The fourth-order valence-electron chi connectivity index (χ4n) is 4.07. The van der Waals surface area contributed by atoms with Crippen LogP contribution in [0.1, 0.15) is 30.4 Å². The fourth-order valence-corrected chi connectivity index (χ4v) is 4.07. The molecule has 4 aromatic rings. The zero-order valence-electron chi connectivity index (χ0n) is 15.3. The predicted molar refractivity (Wildman–Crippen MR) is 104 cm³/mol. The molecule has 1 saturated heterocycles. The first kappa shape index (κ1) is 16.0. The summed E-state index contributed by atoms with van der Waals surface area (Å²) < 4.78 is 3.55. The summed E-state index contributed by atoms with van der Waals surface area (Å²) in [5, 5.41) is 5.15. The van der Waals surface area contributed by atoms with E-state index in [1.807, 2.05) is 55.0 Å². The Labute approximate surface area is 155 Å². The third kappa shape index (κ3) is 2.42. The van der Waals surface area contributed by atoms with E-state index in [1.165, 1.54) is 0 Å². The van der Waals surface area contributed by atoms with E-state index in [1.54, 1.807) is 10.8 Å². The molecule has 136 valence electrons. The minimum absolute atomic E-state index is 0.00573. The van der Waals surface area contributed by atoms with Gasteiger partial charge in [0.2, 0.25) is 0 Å². The number of benzene rings is 1. The topological polar surface area (TPSA) is 68.3 Å². The Hall–Kier alpha value is -3.22. The van der Waals surface area contributed by atoms with Crippen molar-refractivity contribution in [3.8, 4) is 0 Å². The van der Waals surface area contributed by atoms with E-state index in [4.69, 9.17) is 4.98 Å². The number of hydrogen-bond donors (Lipinski definition) is 0. The molecule has 0 amide bonds. The molecule has 0 saturated carbocycles. The number of aromatic nitrogens is 5. The van der Waals surface area contributed by atoms with Gasteiger partial charge in [-0.05, 0) is 38.0 Å². The molecule has 1 unspecified atom stereocenters. The van der Waals surface area contributed by atoms with E-state index in [0.717, 1.165) is 47.8 Å². The van der Waals surface area contributed by atoms with Gasteiger partial charge in [0, 0.05) is 26.0 Å². The molecule has 1 aromatic carbocycles. The van der Waals surface area contributed by atoms with Gasteiger partial charge in [0.25, 0.3) is 5.56 Å². The Kier molecular flexibility index (Phi) is 3.50. The van der Waals surface area contributed by atoms with Crippen LogP contribution in [0.2, 0.25) is 0 Å². The molecule has 1 atom stereocenters. The highest BCUT2D eigenvalue weighted by molar-refractivity contribution is 5.77. The molecule has 0 spiro atoms. The van der Waals surface area contributed by atoms with Crippen molar-refractivity contribution in [2.75, 3.05) is 11.4 Å². The van der Waals surface area contributed by atoms with Gasteiger partial charge in [-0.15, -0.1) is 0 Å². The van der Waals surface area contributed by atoms with Gasteiger partial charge in [-0.2, -0.15) is 5.10 Å². The maximum Gasteiger partial charge on any atom is 0.261 e. The molecule has 7 heteroatoms. The van der Waals surface area contributed by atoms with Crippen molar-refractivity contribution < 1.29 is 0 Å². The minimum Gasteiger partial charge on any atom is -0.345 e. The van der Waals surface area contributed by atoms with Crippen molar-refractivity contribution in [3.05, 3.63) is 64.6 Å². The lowest BCUT2D eigenvalue weighted by atomic mass is 10.1. The van der Waals surface area contributed by atoms with E-state index in [9.17, 15) is 4.79 Å². The standard InChI is InChI=1S/C20H20N6O/c1-13-12-17-18(21-9-11-26(17)23-13)25-10-5-8-16(25)19-22-15-7-4-3-6-14(15)20(27)24(19)2/h3-4,6-7,9,11-12,16H,5,8,10H2,1-2H3. The van der Waals surface area contributed by atoms with E-state index in [2.05, 4.69) is 15.0 Å². The molecule has 27 heavy (non-hydrogen) atoms. The van der Waals surface area contributed by atoms with Crippen molar-refractivity contribution in [1.82, 2.24) is 24.1 Å². The lowest BCUT2D eigenvalue weighted by Gasteiger charge is -2.27. The summed E-state index contributed by atoms with van der Waals surface area (Å²) in [6.07, 6.45) is 5.61. The van der Waals surface area contributed by atoms with Crippen LogP contribution in [-0.4, -0.2) is 30.7 Å². The monoisotopic (exact) mass is 360 g/mol. The Balaban J connectivity index is 1.68. The second-order valence-corrected chi connectivity index (χ2v) is 7.07. The summed E-state index contributed by atoms with van der Waals surface area (Å²) in [7, 11) is 1.81. The average molecular weight is 360 g/mol. The van der Waals surface area contributed by atoms with Gasteiger partial charge in [-0.1, -0.05) is 12.1 Å². The Bertz CT molecular complexity index is 1220. The summed E-state index contributed by atoms with van der Waals surface area (Å²) in [6, 6.07) is 9.59. The highest BCUT2D eigenvalue weighted by atomic mass is 16.1. The van der Waals surface area contributed by atoms with Crippen LogP contribution in [-0.2, 0) is 7.05 Å². The summed E-state index contributed by atoms with van der Waals surface area (Å²) in [5.74, 6) is 1.68. The van der Waals surface area contributed by atoms with Crippen molar-refractivity contribution in [2.24, 2.45) is 7.05 Å². The van der Waals surface area contributed by atoms with Gasteiger partial charge in [0.05, 0.1) is 22.6 Å². The lowest BCUT2D eigenvalue weighted by molar-refractivity contribution is 0.607. The number of hydrogen-bond acceptors (Lipinski definition) is 5. The van der Waals surface area contributed by atoms with Crippen LogP contribution in [0.4, 0.5) is 5.82 Å². The second-order valence-electron chi connectivity index (χ2n) is 7.07. The molecule has 0 N–H and O–H groups in total. The van der Waals surface area contributed by atoms with Gasteiger partial charge in [0.15, 0.2) is 5.82 Å².